The number of rotatable bonds is 6. The monoisotopic (exact) mass is 290 g/mol. The average Bonchev–Trinajstić information content (AvgIpc) is 2.41. The molecule has 1 aromatic carbocycles. The predicted molar refractivity (Wildman–Crippen MR) is 91.8 cm³/mol. The summed E-state index contributed by atoms with van der Waals surface area (Å²) in [6.45, 7) is 14.0. The summed E-state index contributed by atoms with van der Waals surface area (Å²) in [7, 11) is 0. The molecule has 0 atom stereocenters. The van der Waals surface area contributed by atoms with Crippen molar-refractivity contribution in [2.45, 2.75) is 46.7 Å². The summed E-state index contributed by atoms with van der Waals surface area (Å²) in [6, 6.07) is 8.50. The van der Waals surface area contributed by atoms with Crippen LogP contribution in [-0.4, -0.2) is 31.1 Å². The van der Waals surface area contributed by atoms with Gasteiger partial charge in [0.05, 0.1) is 6.54 Å². The molecular weight excluding hydrogens is 260 g/mol. The second kappa shape index (κ2) is 8.67. The lowest BCUT2D eigenvalue weighted by atomic mass is 10.1. The van der Waals surface area contributed by atoms with Crippen LogP contribution >= 0.6 is 0 Å². The van der Waals surface area contributed by atoms with Crippen molar-refractivity contribution in [3.8, 4) is 0 Å². The number of nitrogens with one attached hydrogen (secondary N) is 3. The molecule has 0 amide bonds. The van der Waals surface area contributed by atoms with Gasteiger partial charge in [-0.2, -0.15) is 0 Å². The molecule has 4 heteroatoms. The van der Waals surface area contributed by atoms with Crippen LogP contribution in [0.4, 0.5) is 0 Å². The summed E-state index contributed by atoms with van der Waals surface area (Å²) in [5.74, 6) is 0.869. The zero-order valence-electron chi connectivity index (χ0n) is 14.1. The molecule has 0 saturated carbocycles. The molecule has 0 bridgehead atoms. The third-order valence-electron chi connectivity index (χ3n) is 2.96. The smallest absolute Gasteiger partial charge is 0.191 e. The molecular formula is C17H30N4. The number of guanidine groups is 1. The Labute approximate surface area is 129 Å². The van der Waals surface area contributed by atoms with Gasteiger partial charge in [-0.15, -0.1) is 0 Å². The van der Waals surface area contributed by atoms with Crippen molar-refractivity contribution < 1.29 is 0 Å². The zero-order valence-corrected chi connectivity index (χ0v) is 14.1. The molecule has 0 heterocycles. The van der Waals surface area contributed by atoms with Crippen molar-refractivity contribution in [1.29, 1.82) is 0 Å². The van der Waals surface area contributed by atoms with E-state index in [-0.39, 0.29) is 5.54 Å². The highest BCUT2D eigenvalue weighted by Gasteiger charge is 2.07. The number of nitrogens with zero attached hydrogens (tertiary/aromatic N) is 1. The van der Waals surface area contributed by atoms with Gasteiger partial charge in [-0.25, -0.2) is 4.99 Å². The van der Waals surface area contributed by atoms with Gasteiger partial charge >= 0.3 is 0 Å². The van der Waals surface area contributed by atoms with Gasteiger partial charge in [0.15, 0.2) is 5.96 Å². The average molecular weight is 290 g/mol. The summed E-state index contributed by atoms with van der Waals surface area (Å²) in [4.78, 5) is 4.61. The fraction of sp³-hybridized carbons (Fsp3) is 0.588. The van der Waals surface area contributed by atoms with Gasteiger partial charge in [0.1, 0.15) is 0 Å². The zero-order chi connectivity index (χ0) is 15.7. The number of hydrogen-bond acceptors (Lipinski definition) is 2. The fourth-order valence-electron chi connectivity index (χ4n) is 1.82. The SMILES string of the molecule is CCNC(=NCc1ccc(C)cc1)NCCNC(C)(C)C. The Bertz CT molecular complexity index is 429. The summed E-state index contributed by atoms with van der Waals surface area (Å²) in [5, 5.41) is 10.1. The first-order valence-electron chi connectivity index (χ1n) is 7.73. The molecule has 21 heavy (non-hydrogen) atoms. The molecule has 1 rings (SSSR count). The van der Waals surface area contributed by atoms with Crippen molar-refractivity contribution in [1.82, 2.24) is 16.0 Å². The highest BCUT2D eigenvalue weighted by molar-refractivity contribution is 5.79. The van der Waals surface area contributed by atoms with Crippen LogP contribution in [0.15, 0.2) is 29.3 Å². The van der Waals surface area contributed by atoms with Gasteiger partial charge in [-0.1, -0.05) is 29.8 Å². The Hall–Kier alpha value is -1.55. The minimum atomic E-state index is 0.152. The molecule has 4 nitrogen and oxygen atoms in total. The highest BCUT2D eigenvalue weighted by Crippen LogP contribution is 2.04. The standard InChI is InChI=1S/C17H30N4/c1-6-18-16(19-11-12-21-17(3,4)5)20-13-15-9-7-14(2)8-10-15/h7-10,21H,6,11-13H2,1-5H3,(H2,18,19,20). The van der Waals surface area contributed by atoms with E-state index in [0.29, 0.717) is 6.54 Å². The molecule has 0 radical (unpaired) electrons. The van der Waals surface area contributed by atoms with Crippen molar-refractivity contribution >= 4 is 5.96 Å². The Balaban J connectivity index is 2.44. The molecule has 0 aliphatic rings. The number of aryl methyl sites for hydroxylation is 1. The first kappa shape index (κ1) is 17.5. The second-order valence-electron chi connectivity index (χ2n) is 6.28. The van der Waals surface area contributed by atoms with Crippen LogP contribution < -0.4 is 16.0 Å². The highest BCUT2D eigenvalue weighted by atomic mass is 15.2. The minimum Gasteiger partial charge on any atom is -0.357 e. The predicted octanol–water partition coefficient (Wildman–Crippen LogP) is 2.44. The lowest BCUT2D eigenvalue weighted by Gasteiger charge is -2.21. The van der Waals surface area contributed by atoms with Crippen LogP contribution in [0.5, 0.6) is 0 Å². The van der Waals surface area contributed by atoms with Crippen LogP contribution in [0.1, 0.15) is 38.8 Å². The van der Waals surface area contributed by atoms with Crippen molar-refractivity contribution in [3.63, 3.8) is 0 Å². The summed E-state index contributed by atoms with van der Waals surface area (Å²) < 4.78 is 0. The maximum atomic E-state index is 4.61. The second-order valence-corrected chi connectivity index (χ2v) is 6.28. The van der Waals surface area contributed by atoms with Gasteiger partial charge in [-0.05, 0) is 40.2 Å². The molecule has 0 aliphatic heterocycles. The minimum absolute atomic E-state index is 0.152. The van der Waals surface area contributed by atoms with E-state index in [1.165, 1.54) is 11.1 Å². The van der Waals surface area contributed by atoms with Crippen LogP contribution in [-0.2, 0) is 6.54 Å². The maximum absolute atomic E-state index is 4.61. The summed E-state index contributed by atoms with van der Waals surface area (Å²) >= 11 is 0. The van der Waals surface area contributed by atoms with Crippen LogP contribution in [0.2, 0.25) is 0 Å². The van der Waals surface area contributed by atoms with Crippen LogP contribution in [0.25, 0.3) is 0 Å². The Morgan fingerprint density at radius 1 is 1.05 bits per heavy atom. The third-order valence-corrected chi connectivity index (χ3v) is 2.96. The van der Waals surface area contributed by atoms with E-state index in [9.17, 15) is 0 Å². The van der Waals surface area contributed by atoms with E-state index < -0.39 is 0 Å². The Morgan fingerprint density at radius 3 is 2.29 bits per heavy atom. The molecule has 0 fully saturated rings. The first-order chi connectivity index (χ1) is 9.90. The molecule has 3 N–H and O–H groups in total. The molecule has 118 valence electrons. The number of hydrogen-bond donors (Lipinski definition) is 3. The normalized spacial score (nSPS) is 12.3. The van der Waals surface area contributed by atoms with Crippen LogP contribution in [0.3, 0.4) is 0 Å². The van der Waals surface area contributed by atoms with Crippen molar-refractivity contribution in [2.75, 3.05) is 19.6 Å². The Morgan fingerprint density at radius 2 is 1.71 bits per heavy atom. The summed E-state index contributed by atoms with van der Waals surface area (Å²) in [6.07, 6.45) is 0. The fourth-order valence-corrected chi connectivity index (χ4v) is 1.82. The quantitative estimate of drug-likeness (QED) is 0.428. The number of aliphatic imine (C=N–C) groups is 1. The molecule has 0 aliphatic carbocycles. The van der Waals surface area contributed by atoms with Gasteiger partial charge < -0.3 is 16.0 Å². The largest absolute Gasteiger partial charge is 0.357 e. The van der Waals surface area contributed by atoms with Gasteiger partial charge in [0.2, 0.25) is 0 Å². The van der Waals surface area contributed by atoms with Gasteiger partial charge in [0.25, 0.3) is 0 Å². The molecule has 1 aromatic rings. The molecule has 0 spiro atoms. The third kappa shape index (κ3) is 8.35. The lowest BCUT2D eigenvalue weighted by Crippen LogP contribution is -2.44. The molecule has 0 aromatic heterocycles. The van der Waals surface area contributed by atoms with E-state index in [1.54, 1.807) is 0 Å². The van der Waals surface area contributed by atoms with E-state index in [2.05, 4.69) is 79.8 Å². The van der Waals surface area contributed by atoms with Gasteiger partial charge in [0, 0.05) is 25.2 Å². The van der Waals surface area contributed by atoms with E-state index >= 15 is 0 Å². The van der Waals surface area contributed by atoms with Crippen LogP contribution in [0, 0.1) is 6.92 Å². The summed E-state index contributed by atoms with van der Waals surface area (Å²) in [5.41, 5.74) is 2.66. The van der Waals surface area contributed by atoms with Crippen molar-refractivity contribution in [3.05, 3.63) is 35.4 Å². The lowest BCUT2D eigenvalue weighted by molar-refractivity contribution is 0.428. The Kier molecular flexibility index (Phi) is 7.23. The number of benzene rings is 1. The first-order valence-corrected chi connectivity index (χ1v) is 7.73. The van der Waals surface area contributed by atoms with E-state index in [0.717, 1.165) is 25.6 Å². The molecule has 0 unspecified atom stereocenters. The van der Waals surface area contributed by atoms with E-state index in [4.69, 9.17) is 0 Å². The topological polar surface area (TPSA) is 48.5 Å². The van der Waals surface area contributed by atoms with Gasteiger partial charge in [-0.3, -0.25) is 0 Å². The van der Waals surface area contributed by atoms with Crippen molar-refractivity contribution in [2.24, 2.45) is 4.99 Å². The maximum Gasteiger partial charge on any atom is 0.191 e. The molecule has 0 saturated heterocycles. The van der Waals surface area contributed by atoms with E-state index in [1.807, 2.05) is 0 Å².